The number of ether oxygens (including phenoxy) is 1. The Morgan fingerprint density at radius 1 is 1.29 bits per heavy atom. The van der Waals surface area contributed by atoms with Crippen molar-refractivity contribution in [1.82, 2.24) is 9.97 Å². The minimum atomic E-state index is -0.0979. The van der Waals surface area contributed by atoms with Crippen LogP contribution in [0, 0.1) is 6.92 Å². The molecule has 21 heavy (non-hydrogen) atoms. The molecule has 0 radical (unpaired) electrons. The van der Waals surface area contributed by atoms with Crippen molar-refractivity contribution in [1.29, 1.82) is 0 Å². The number of aromatic nitrogens is 2. The van der Waals surface area contributed by atoms with Gasteiger partial charge in [0.1, 0.15) is 17.9 Å². The van der Waals surface area contributed by atoms with E-state index < -0.39 is 0 Å². The summed E-state index contributed by atoms with van der Waals surface area (Å²) in [5, 5.41) is 0. The summed E-state index contributed by atoms with van der Waals surface area (Å²) in [6.07, 6.45) is 1.98. The first-order valence-electron chi connectivity index (χ1n) is 6.90. The highest BCUT2D eigenvalue weighted by Crippen LogP contribution is 2.11. The van der Waals surface area contributed by atoms with E-state index in [0.717, 1.165) is 12.0 Å². The third kappa shape index (κ3) is 3.78. The highest BCUT2D eigenvalue weighted by atomic mass is 16.5. The third-order valence-electron chi connectivity index (χ3n) is 3.24. The highest BCUT2D eigenvalue weighted by Gasteiger charge is 2.07. The fraction of sp³-hybridized carbons (Fsp3) is 0.312. The monoisotopic (exact) mass is 286 g/mol. The molecule has 2 rings (SSSR count). The molecule has 1 N–H and O–H groups in total. The maximum absolute atomic E-state index is 12.0. The van der Waals surface area contributed by atoms with Crippen LogP contribution in [0.15, 0.2) is 29.1 Å². The lowest BCUT2D eigenvalue weighted by Gasteiger charge is -2.08. The number of hydrogen-bond acceptors (Lipinski definition) is 4. The first-order valence-corrected chi connectivity index (χ1v) is 6.90. The SMILES string of the molecule is CCc1nc(C)c(CCOc2ccc(C=O)cc2)c(=O)[nH]1. The van der Waals surface area contributed by atoms with Crippen LogP contribution in [0.1, 0.15) is 34.4 Å². The van der Waals surface area contributed by atoms with Crippen molar-refractivity contribution >= 4 is 6.29 Å². The normalized spacial score (nSPS) is 10.4. The number of aromatic amines is 1. The summed E-state index contributed by atoms with van der Waals surface area (Å²) in [6, 6.07) is 6.86. The number of benzene rings is 1. The second-order valence-electron chi connectivity index (χ2n) is 4.72. The van der Waals surface area contributed by atoms with E-state index >= 15 is 0 Å². The van der Waals surface area contributed by atoms with Gasteiger partial charge in [0.15, 0.2) is 0 Å². The van der Waals surface area contributed by atoms with Crippen LogP contribution in [0.5, 0.6) is 5.75 Å². The number of nitrogens with zero attached hydrogens (tertiary/aromatic N) is 1. The first-order chi connectivity index (χ1) is 10.1. The van der Waals surface area contributed by atoms with Crippen LogP contribution in [0.2, 0.25) is 0 Å². The Balaban J connectivity index is 2.00. The maximum atomic E-state index is 12.0. The van der Waals surface area contributed by atoms with Gasteiger partial charge < -0.3 is 9.72 Å². The Morgan fingerprint density at radius 2 is 2.00 bits per heavy atom. The maximum Gasteiger partial charge on any atom is 0.254 e. The van der Waals surface area contributed by atoms with Crippen molar-refractivity contribution in [2.24, 2.45) is 0 Å². The van der Waals surface area contributed by atoms with Gasteiger partial charge in [0.25, 0.3) is 5.56 Å². The van der Waals surface area contributed by atoms with E-state index in [1.807, 2.05) is 13.8 Å². The number of carbonyl (C=O) groups excluding carboxylic acids is 1. The van der Waals surface area contributed by atoms with E-state index in [4.69, 9.17) is 4.74 Å². The summed E-state index contributed by atoms with van der Waals surface area (Å²) < 4.78 is 5.58. The van der Waals surface area contributed by atoms with Crippen molar-refractivity contribution in [2.45, 2.75) is 26.7 Å². The van der Waals surface area contributed by atoms with Gasteiger partial charge in [-0.1, -0.05) is 6.92 Å². The molecular formula is C16H18N2O3. The molecule has 2 aromatic rings. The van der Waals surface area contributed by atoms with Crippen molar-refractivity contribution in [3.63, 3.8) is 0 Å². The molecule has 1 heterocycles. The Labute approximate surface area is 123 Å². The molecule has 0 aliphatic heterocycles. The molecule has 1 aromatic carbocycles. The molecule has 5 nitrogen and oxygen atoms in total. The zero-order valence-corrected chi connectivity index (χ0v) is 12.2. The van der Waals surface area contributed by atoms with Gasteiger partial charge in [0, 0.05) is 29.7 Å². The Hall–Kier alpha value is -2.43. The van der Waals surface area contributed by atoms with Gasteiger partial charge >= 0.3 is 0 Å². The summed E-state index contributed by atoms with van der Waals surface area (Å²) in [5.41, 5.74) is 1.90. The van der Waals surface area contributed by atoms with Crippen molar-refractivity contribution < 1.29 is 9.53 Å². The molecular weight excluding hydrogens is 268 g/mol. The molecule has 5 heteroatoms. The van der Waals surface area contributed by atoms with Crippen LogP contribution in [0.25, 0.3) is 0 Å². The Kier molecular flexibility index (Phi) is 4.87. The number of aryl methyl sites for hydroxylation is 2. The quantitative estimate of drug-likeness (QED) is 0.825. The van der Waals surface area contributed by atoms with Crippen LogP contribution in [0.3, 0.4) is 0 Å². The lowest BCUT2D eigenvalue weighted by Crippen LogP contribution is -2.20. The zero-order chi connectivity index (χ0) is 15.2. The lowest BCUT2D eigenvalue weighted by molar-refractivity contribution is 0.112. The topological polar surface area (TPSA) is 72.0 Å². The van der Waals surface area contributed by atoms with Crippen LogP contribution in [0.4, 0.5) is 0 Å². The molecule has 0 aliphatic rings. The second-order valence-corrected chi connectivity index (χ2v) is 4.72. The minimum absolute atomic E-state index is 0.0979. The minimum Gasteiger partial charge on any atom is -0.493 e. The Bertz CT molecular complexity index is 675. The summed E-state index contributed by atoms with van der Waals surface area (Å²) in [5.74, 6) is 1.37. The second kappa shape index (κ2) is 6.83. The molecule has 0 unspecified atom stereocenters. The molecule has 0 aliphatic carbocycles. The molecule has 0 spiro atoms. The number of nitrogens with one attached hydrogen (secondary N) is 1. The molecule has 0 saturated carbocycles. The summed E-state index contributed by atoms with van der Waals surface area (Å²) in [4.78, 5) is 29.6. The van der Waals surface area contributed by atoms with E-state index in [2.05, 4.69) is 9.97 Å². The number of aldehydes is 1. The summed E-state index contributed by atoms with van der Waals surface area (Å²) in [6.45, 7) is 4.17. The van der Waals surface area contributed by atoms with E-state index in [1.54, 1.807) is 24.3 Å². The predicted octanol–water partition coefficient (Wildman–Crippen LogP) is 2.07. The van der Waals surface area contributed by atoms with Crippen molar-refractivity contribution in [3.05, 3.63) is 57.3 Å². The van der Waals surface area contributed by atoms with Gasteiger partial charge in [-0.05, 0) is 31.2 Å². The number of H-pyrrole nitrogens is 1. The predicted molar refractivity (Wildman–Crippen MR) is 80.0 cm³/mol. The standard InChI is InChI=1S/C16H18N2O3/c1-3-15-17-11(2)14(16(20)18-15)8-9-21-13-6-4-12(10-19)5-7-13/h4-7,10H,3,8-9H2,1-2H3,(H,17,18,20). The van der Waals surface area contributed by atoms with Gasteiger partial charge in [-0.25, -0.2) is 4.98 Å². The van der Waals surface area contributed by atoms with Crippen LogP contribution in [-0.2, 0) is 12.8 Å². The lowest BCUT2D eigenvalue weighted by atomic mass is 10.2. The van der Waals surface area contributed by atoms with Crippen LogP contribution in [-0.4, -0.2) is 22.9 Å². The molecule has 110 valence electrons. The fourth-order valence-corrected chi connectivity index (χ4v) is 2.04. The van der Waals surface area contributed by atoms with Gasteiger partial charge in [-0.3, -0.25) is 9.59 Å². The zero-order valence-electron chi connectivity index (χ0n) is 12.2. The van der Waals surface area contributed by atoms with Gasteiger partial charge in [-0.15, -0.1) is 0 Å². The van der Waals surface area contributed by atoms with E-state index in [0.29, 0.717) is 42.1 Å². The van der Waals surface area contributed by atoms with Crippen molar-refractivity contribution in [2.75, 3.05) is 6.61 Å². The number of carbonyl (C=O) groups is 1. The van der Waals surface area contributed by atoms with Gasteiger partial charge in [-0.2, -0.15) is 0 Å². The van der Waals surface area contributed by atoms with Crippen molar-refractivity contribution in [3.8, 4) is 5.75 Å². The van der Waals surface area contributed by atoms with E-state index in [-0.39, 0.29) is 5.56 Å². The number of rotatable bonds is 6. The fourth-order valence-electron chi connectivity index (χ4n) is 2.04. The Morgan fingerprint density at radius 3 is 2.57 bits per heavy atom. The third-order valence-corrected chi connectivity index (χ3v) is 3.24. The van der Waals surface area contributed by atoms with Gasteiger partial charge in [0.05, 0.1) is 6.61 Å². The molecule has 1 aromatic heterocycles. The largest absolute Gasteiger partial charge is 0.493 e. The molecule has 0 fully saturated rings. The smallest absolute Gasteiger partial charge is 0.254 e. The molecule has 0 atom stereocenters. The molecule has 0 amide bonds. The molecule has 0 bridgehead atoms. The summed E-state index contributed by atoms with van der Waals surface area (Å²) >= 11 is 0. The van der Waals surface area contributed by atoms with Gasteiger partial charge in [0.2, 0.25) is 0 Å². The summed E-state index contributed by atoms with van der Waals surface area (Å²) in [7, 11) is 0. The van der Waals surface area contributed by atoms with E-state index in [1.165, 1.54) is 0 Å². The number of hydrogen-bond donors (Lipinski definition) is 1. The average Bonchev–Trinajstić information content (AvgIpc) is 2.50. The first kappa shape index (κ1) is 15.0. The highest BCUT2D eigenvalue weighted by molar-refractivity contribution is 5.74. The van der Waals surface area contributed by atoms with E-state index in [9.17, 15) is 9.59 Å². The average molecular weight is 286 g/mol. The molecule has 0 saturated heterocycles. The van der Waals surface area contributed by atoms with Crippen LogP contribution < -0.4 is 10.3 Å². The van der Waals surface area contributed by atoms with Crippen LogP contribution >= 0.6 is 0 Å².